The first-order chi connectivity index (χ1) is 8.90. The van der Waals surface area contributed by atoms with Gasteiger partial charge in [-0.25, -0.2) is 4.79 Å². The Bertz CT molecular complexity index is 568. The molecule has 1 atom stereocenters. The molecule has 2 N–H and O–H groups in total. The van der Waals surface area contributed by atoms with E-state index in [1.165, 1.54) is 19.2 Å². The van der Waals surface area contributed by atoms with E-state index in [4.69, 9.17) is 5.11 Å². The molecule has 6 nitrogen and oxygen atoms in total. The molecule has 1 aromatic carbocycles. The van der Waals surface area contributed by atoms with E-state index in [-0.39, 0.29) is 23.8 Å². The highest BCUT2D eigenvalue weighted by molar-refractivity contribution is 6.06. The molecule has 6 heteroatoms. The van der Waals surface area contributed by atoms with Crippen LogP contribution in [0, 0.1) is 6.92 Å². The van der Waals surface area contributed by atoms with Gasteiger partial charge in [0.2, 0.25) is 5.91 Å². The molecule has 0 aromatic heterocycles. The zero-order valence-corrected chi connectivity index (χ0v) is 10.6. The summed E-state index contributed by atoms with van der Waals surface area (Å²) in [5.41, 5.74) is 1.56. The molecule has 19 heavy (non-hydrogen) atoms. The number of hydrogen-bond donors (Lipinski definition) is 2. The van der Waals surface area contributed by atoms with Gasteiger partial charge in [0.05, 0.1) is 12.0 Å². The van der Waals surface area contributed by atoms with Crippen molar-refractivity contribution in [2.45, 2.75) is 19.4 Å². The van der Waals surface area contributed by atoms with Crippen molar-refractivity contribution in [3.05, 3.63) is 29.3 Å². The van der Waals surface area contributed by atoms with Gasteiger partial charge >= 0.3 is 5.97 Å². The highest BCUT2D eigenvalue weighted by Crippen LogP contribution is 2.21. The largest absolute Gasteiger partial charge is 0.478 e. The molecule has 1 aliphatic heterocycles. The number of rotatable bonds is 3. The molecule has 1 unspecified atom stereocenters. The summed E-state index contributed by atoms with van der Waals surface area (Å²) >= 11 is 0. The van der Waals surface area contributed by atoms with Crippen LogP contribution in [0.15, 0.2) is 18.2 Å². The molecule has 1 fully saturated rings. The summed E-state index contributed by atoms with van der Waals surface area (Å²) in [6.07, 6.45) is 0.120. The number of anilines is 1. The van der Waals surface area contributed by atoms with Crippen LogP contribution in [0.5, 0.6) is 0 Å². The third-order valence-electron chi connectivity index (χ3n) is 3.18. The molecule has 1 aromatic rings. The van der Waals surface area contributed by atoms with Crippen LogP contribution in [0.4, 0.5) is 5.69 Å². The number of carboxylic acids is 1. The molecule has 0 bridgehead atoms. The standard InChI is InChI=1S/C13H14N2O4/c1-7-5-8(13(18)19)3-4-9(7)14-10-6-11(16)15(2)12(10)17/h3-5,10,14H,6H2,1-2H3,(H,18,19). The minimum absolute atomic E-state index is 0.120. The minimum Gasteiger partial charge on any atom is -0.478 e. The SMILES string of the molecule is Cc1cc(C(=O)O)ccc1NC1CC(=O)N(C)C1=O. The number of hydrogen-bond acceptors (Lipinski definition) is 4. The maximum absolute atomic E-state index is 11.8. The summed E-state index contributed by atoms with van der Waals surface area (Å²) in [6.45, 7) is 1.75. The molecular formula is C13H14N2O4. The smallest absolute Gasteiger partial charge is 0.335 e. The monoisotopic (exact) mass is 262 g/mol. The van der Waals surface area contributed by atoms with Crippen LogP contribution < -0.4 is 5.32 Å². The van der Waals surface area contributed by atoms with Gasteiger partial charge in [0.1, 0.15) is 6.04 Å². The second kappa shape index (κ2) is 4.72. The average Bonchev–Trinajstić information content (AvgIpc) is 2.59. The van der Waals surface area contributed by atoms with Gasteiger partial charge in [-0.3, -0.25) is 14.5 Å². The maximum atomic E-state index is 11.8. The molecule has 0 spiro atoms. The fourth-order valence-corrected chi connectivity index (χ4v) is 2.01. The maximum Gasteiger partial charge on any atom is 0.335 e. The summed E-state index contributed by atoms with van der Waals surface area (Å²) < 4.78 is 0. The second-order valence-electron chi connectivity index (χ2n) is 4.53. The van der Waals surface area contributed by atoms with Crippen LogP contribution in [0.25, 0.3) is 0 Å². The number of carboxylic acid groups (broad SMARTS) is 1. The van der Waals surface area contributed by atoms with Gasteiger partial charge in [-0.05, 0) is 30.7 Å². The third-order valence-corrected chi connectivity index (χ3v) is 3.18. The zero-order chi connectivity index (χ0) is 14.2. The lowest BCUT2D eigenvalue weighted by molar-refractivity contribution is -0.136. The van der Waals surface area contributed by atoms with Gasteiger partial charge in [-0.2, -0.15) is 0 Å². The predicted molar refractivity (Wildman–Crippen MR) is 67.9 cm³/mol. The molecule has 100 valence electrons. The molecule has 0 radical (unpaired) electrons. The van der Waals surface area contributed by atoms with Crippen LogP contribution >= 0.6 is 0 Å². The van der Waals surface area contributed by atoms with Crippen LogP contribution in [-0.4, -0.2) is 40.9 Å². The Morgan fingerprint density at radius 2 is 2.11 bits per heavy atom. The number of aromatic carboxylic acids is 1. The van der Waals surface area contributed by atoms with Crippen LogP contribution in [0.3, 0.4) is 0 Å². The summed E-state index contributed by atoms with van der Waals surface area (Å²) in [5, 5.41) is 11.9. The Balaban J connectivity index is 2.19. The van der Waals surface area contributed by atoms with Crippen molar-refractivity contribution in [2.24, 2.45) is 0 Å². The molecule has 1 heterocycles. The lowest BCUT2D eigenvalue weighted by Crippen LogP contribution is -2.32. The van der Waals surface area contributed by atoms with E-state index >= 15 is 0 Å². The van der Waals surface area contributed by atoms with Crippen molar-refractivity contribution in [1.82, 2.24) is 4.90 Å². The van der Waals surface area contributed by atoms with E-state index in [2.05, 4.69) is 5.32 Å². The number of amides is 2. The molecule has 2 rings (SSSR count). The summed E-state index contributed by atoms with van der Waals surface area (Å²) in [4.78, 5) is 35.1. The van der Waals surface area contributed by atoms with E-state index < -0.39 is 12.0 Å². The predicted octanol–water partition coefficient (Wildman–Crippen LogP) is 0.862. The van der Waals surface area contributed by atoms with E-state index in [1.54, 1.807) is 13.0 Å². The van der Waals surface area contributed by atoms with Gasteiger partial charge in [-0.1, -0.05) is 0 Å². The lowest BCUT2D eigenvalue weighted by atomic mass is 10.1. The van der Waals surface area contributed by atoms with Crippen molar-refractivity contribution in [3.8, 4) is 0 Å². The molecule has 0 saturated carbocycles. The first kappa shape index (κ1) is 13.1. The highest BCUT2D eigenvalue weighted by Gasteiger charge is 2.36. The zero-order valence-electron chi connectivity index (χ0n) is 10.6. The van der Waals surface area contributed by atoms with Gasteiger partial charge in [0.15, 0.2) is 0 Å². The number of likely N-dealkylation sites (N-methyl/N-ethyl adjacent to an activating group) is 1. The number of aryl methyl sites for hydroxylation is 1. The topological polar surface area (TPSA) is 86.7 Å². The number of benzene rings is 1. The van der Waals surface area contributed by atoms with Crippen LogP contribution in [0.2, 0.25) is 0 Å². The van der Waals surface area contributed by atoms with E-state index in [0.29, 0.717) is 5.69 Å². The van der Waals surface area contributed by atoms with Gasteiger partial charge in [-0.15, -0.1) is 0 Å². The summed E-state index contributed by atoms with van der Waals surface area (Å²) in [7, 11) is 1.45. The van der Waals surface area contributed by atoms with Crippen molar-refractivity contribution >= 4 is 23.5 Å². The van der Waals surface area contributed by atoms with Gasteiger partial charge < -0.3 is 10.4 Å². The Labute approximate surface area is 110 Å². The van der Waals surface area contributed by atoms with E-state index in [0.717, 1.165) is 10.5 Å². The van der Waals surface area contributed by atoms with Crippen molar-refractivity contribution in [3.63, 3.8) is 0 Å². The number of nitrogens with zero attached hydrogens (tertiary/aromatic N) is 1. The first-order valence-corrected chi connectivity index (χ1v) is 5.81. The molecule has 1 saturated heterocycles. The highest BCUT2D eigenvalue weighted by atomic mass is 16.4. The van der Waals surface area contributed by atoms with Crippen LogP contribution in [0.1, 0.15) is 22.3 Å². The van der Waals surface area contributed by atoms with E-state index in [1.807, 2.05) is 0 Å². The number of carbonyl (C=O) groups is 3. The second-order valence-corrected chi connectivity index (χ2v) is 4.53. The first-order valence-electron chi connectivity index (χ1n) is 5.81. The Morgan fingerprint density at radius 1 is 1.42 bits per heavy atom. The van der Waals surface area contributed by atoms with Gasteiger partial charge in [0, 0.05) is 12.7 Å². The van der Waals surface area contributed by atoms with Gasteiger partial charge in [0.25, 0.3) is 5.91 Å². The fraction of sp³-hybridized carbons (Fsp3) is 0.308. The van der Waals surface area contributed by atoms with Crippen molar-refractivity contribution in [2.75, 3.05) is 12.4 Å². The molecular weight excluding hydrogens is 248 g/mol. The fourth-order valence-electron chi connectivity index (χ4n) is 2.01. The number of nitrogens with one attached hydrogen (secondary N) is 1. The van der Waals surface area contributed by atoms with Crippen LogP contribution in [-0.2, 0) is 9.59 Å². The molecule has 0 aliphatic carbocycles. The minimum atomic E-state index is -0.999. The van der Waals surface area contributed by atoms with E-state index in [9.17, 15) is 14.4 Å². The summed E-state index contributed by atoms with van der Waals surface area (Å²) in [5.74, 6) is -1.49. The average molecular weight is 262 g/mol. The third kappa shape index (κ3) is 2.42. The molecule has 2 amide bonds. The van der Waals surface area contributed by atoms with Crippen molar-refractivity contribution < 1.29 is 19.5 Å². The normalized spacial score (nSPS) is 18.8. The summed E-state index contributed by atoms with van der Waals surface area (Å²) in [6, 6.07) is 4.01. The Hall–Kier alpha value is -2.37. The Kier molecular flexibility index (Phi) is 3.25. The lowest BCUT2D eigenvalue weighted by Gasteiger charge is -2.14. The molecule has 1 aliphatic rings. The van der Waals surface area contributed by atoms with Crippen molar-refractivity contribution in [1.29, 1.82) is 0 Å². The number of carbonyl (C=O) groups excluding carboxylic acids is 2. The quantitative estimate of drug-likeness (QED) is 0.789. The number of likely N-dealkylation sites (tertiary alicyclic amines) is 1. The Morgan fingerprint density at radius 3 is 2.58 bits per heavy atom. The number of imide groups is 1.